The average Bonchev–Trinajstić information content (AvgIpc) is 3.81. The number of nitrogens with two attached hydrogens (primary N) is 10. The third-order valence-electron chi connectivity index (χ3n) is 4.75. The van der Waals surface area contributed by atoms with Gasteiger partial charge in [0.25, 0.3) is 6.20 Å². The van der Waals surface area contributed by atoms with E-state index in [4.69, 9.17) is 68.9 Å². The van der Waals surface area contributed by atoms with Crippen LogP contribution in [-0.4, -0.2) is 73.9 Å². The van der Waals surface area contributed by atoms with Crippen LogP contribution >= 0.6 is 93.8 Å². The van der Waals surface area contributed by atoms with Crippen LogP contribution in [0.5, 0.6) is 0 Å². The second-order valence-electron chi connectivity index (χ2n) is 9.17. The second kappa shape index (κ2) is 33.6. The highest BCUT2D eigenvalue weighted by atomic mass is 35.5. The number of guanidine groups is 4. The number of nitro groups is 1. The van der Waals surface area contributed by atoms with Gasteiger partial charge in [-0.05, 0) is 30.8 Å². The fourth-order valence-electron chi connectivity index (χ4n) is 2.88. The van der Waals surface area contributed by atoms with Gasteiger partial charge in [0, 0.05) is 47.0 Å². The highest BCUT2D eigenvalue weighted by Gasteiger charge is 2.04. The summed E-state index contributed by atoms with van der Waals surface area (Å²) in [6.07, 6.45) is 2.52. The zero-order valence-electron chi connectivity index (χ0n) is 29.2. The average molecular weight is 943 g/mol. The maximum absolute atomic E-state index is 10.4. The van der Waals surface area contributed by atoms with Crippen molar-refractivity contribution in [3.8, 4) is 0 Å². The van der Waals surface area contributed by atoms with E-state index in [2.05, 4.69) is 52.5 Å². The summed E-state index contributed by atoms with van der Waals surface area (Å²) in [4.78, 5) is 37.2. The molecular formula is C25H45Cl3N19O2S6-. The number of nitrogens with one attached hydrogen (secondary N) is 1. The molecule has 0 bridgehead atoms. The number of hydrogen-bond donors (Lipinski definition) is 11. The number of hydrogen-bond acceptors (Lipinski definition) is 16. The number of thioether (sulfide) groups is 2. The number of alkyl halides is 1. The monoisotopic (exact) mass is 940 g/mol. The summed E-state index contributed by atoms with van der Waals surface area (Å²) in [6, 6.07) is 0. The van der Waals surface area contributed by atoms with Gasteiger partial charge in [-0.2, -0.15) is 43.5 Å². The quantitative estimate of drug-likeness (QED) is 0.0146. The van der Waals surface area contributed by atoms with E-state index in [1.54, 1.807) is 30.6 Å². The highest BCUT2D eigenvalue weighted by molar-refractivity contribution is 7.98. The van der Waals surface area contributed by atoms with Gasteiger partial charge in [-0.15, -0.1) is 58.0 Å². The first kappa shape index (κ1) is 55.7. The van der Waals surface area contributed by atoms with Crippen LogP contribution in [0.15, 0.2) is 48.0 Å². The van der Waals surface area contributed by atoms with Crippen LogP contribution in [0.25, 0.3) is 0 Å². The van der Waals surface area contributed by atoms with E-state index in [1.807, 2.05) is 16.1 Å². The molecule has 0 radical (unpaired) electrons. The molecular weight excluding hydrogens is 897 g/mol. The molecule has 0 aliphatic heterocycles. The molecule has 0 spiro atoms. The van der Waals surface area contributed by atoms with Gasteiger partial charge in [0.1, 0.15) is 0 Å². The molecule has 0 saturated heterocycles. The molecule has 0 fully saturated rings. The van der Waals surface area contributed by atoms with Crippen molar-refractivity contribution in [2.24, 2.45) is 77.3 Å². The molecule has 3 aromatic rings. The Labute approximate surface area is 361 Å². The summed E-state index contributed by atoms with van der Waals surface area (Å²) >= 11 is 17.5. The van der Waals surface area contributed by atoms with Crippen LogP contribution in [0.4, 0.5) is 15.4 Å². The molecule has 55 heavy (non-hydrogen) atoms. The molecule has 3 rings (SSSR count). The lowest BCUT2D eigenvalue weighted by Gasteiger charge is -2.03. The molecule has 21 nitrogen and oxygen atoms in total. The topological polar surface area (TPSA) is 403 Å². The zero-order valence-corrected chi connectivity index (χ0v) is 36.5. The number of thiocarbonyl (C=S) groups is 1. The summed E-state index contributed by atoms with van der Waals surface area (Å²) in [5.74, 6) is 3.80. The molecule has 3 aromatic heterocycles. The lowest BCUT2D eigenvalue weighted by atomic mass is 10.3. The van der Waals surface area contributed by atoms with E-state index in [-0.39, 0.29) is 53.8 Å². The number of halogens is 3. The molecule has 21 N–H and O–H groups in total. The fraction of sp³-hybridized carbons (Fsp3) is 0.360. The molecule has 3 heterocycles. The highest BCUT2D eigenvalue weighted by Crippen LogP contribution is 2.23. The van der Waals surface area contributed by atoms with Crippen LogP contribution in [0, 0.1) is 10.1 Å². The molecule has 0 aliphatic carbocycles. The van der Waals surface area contributed by atoms with Gasteiger partial charge in [0.15, 0.2) is 29.0 Å². The molecule has 0 saturated carbocycles. The first-order chi connectivity index (χ1) is 25.1. The fourth-order valence-corrected chi connectivity index (χ4v) is 7.06. The minimum absolute atomic E-state index is 0. The number of allylic oxidation sites excluding steroid dienone is 1. The van der Waals surface area contributed by atoms with Gasteiger partial charge in [-0.3, -0.25) is 10.1 Å². The number of rotatable bonds is 16. The van der Waals surface area contributed by atoms with E-state index in [1.165, 1.54) is 34.0 Å². The van der Waals surface area contributed by atoms with Gasteiger partial charge >= 0.3 is 0 Å². The summed E-state index contributed by atoms with van der Waals surface area (Å²) in [6.45, 7) is 0.690. The molecule has 0 unspecified atom stereocenters. The normalized spacial score (nSPS) is 9.69. The van der Waals surface area contributed by atoms with Gasteiger partial charge in [-0.25, -0.2) is 15.0 Å². The molecule has 0 atom stereocenters. The molecule has 30 heteroatoms. The van der Waals surface area contributed by atoms with Crippen molar-refractivity contribution in [2.45, 2.75) is 30.2 Å². The predicted octanol–water partition coefficient (Wildman–Crippen LogP) is -1.65. The van der Waals surface area contributed by atoms with Gasteiger partial charge in [0.2, 0.25) is 15.4 Å². The van der Waals surface area contributed by atoms with Crippen molar-refractivity contribution in [2.75, 3.05) is 25.1 Å². The van der Waals surface area contributed by atoms with Crippen molar-refractivity contribution in [3.05, 3.63) is 55.2 Å². The Morgan fingerprint density at radius 2 is 1.25 bits per heavy atom. The van der Waals surface area contributed by atoms with Crippen LogP contribution in [0.3, 0.4) is 0 Å². The largest absolute Gasteiger partial charge is 1.00 e. The Bertz CT molecular complexity index is 1670. The van der Waals surface area contributed by atoms with E-state index in [0.717, 1.165) is 52.7 Å². The maximum atomic E-state index is 10.4. The summed E-state index contributed by atoms with van der Waals surface area (Å²) < 4.78 is 0. The van der Waals surface area contributed by atoms with Crippen molar-refractivity contribution in [1.82, 2.24) is 20.3 Å². The summed E-state index contributed by atoms with van der Waals surface area (Å²) in [5, 5.41) is 20.5. The first-order valence-corrected chi connectivity index (χ1v) is 20.4. The van der Waals surface area contributed by atoms with Crippen LogP contribution < -0.4 is 75.1 Å². The van der Waals surface area contributed by atoms with Crippen LogP contribution in [0.2, 0.25) is 0 Å². The Morgan fingerprint density at radius 1 is 0.836 bits per heavy atom. The third-order valence-corrected chi connectivity index (χ3v) is 9.57. The number of aromatic nitrogens is 3. The van der Waals surface area contributed by atoms with Crippen molar-refractivity contribution in [1.29, 1.82) is 0 Å². The SMILES string of the molecule is CN/C(=C\[N+](=O)[O-])CCCSCc1csc(N=C(N)N)n1.Cl.NC(=S)N=C(N)N.NC(N)=Nc1nc(CCl)cs1.NCCSCc1csc(N=C(N)N)n1.[Cl-]. The lowest BCUT2D eigenvalue weighted by molar-refractivity contribution is -0.403. The molecule has 0 amide bonds. The number of nitrogens with zero attached hydrogens (tertiary/aromatic N) is 8. The maximum Gasteiger partial charge on any atom is 0.253 e. The Morgan fingerprint density at radius 3 is 1.56 bits per heavy atom. The smallest absolute Gasteiger partial charge is 0.253 e. The standard InChI is InChI=1S/C11H18N6O2S2.C7H13N5S2.C5H7ClN4S.C2H6N4S.2ClH/c1-14-8(5-17(18)19)3-2-4-20-6-9-7-21-11(15-9)16-10(12)13;8-1-2-13-3-5-4-14-7(11-5)12-6(9)10;6-1-3-2-11-5(9-3)10-4(7)8;3-1(4)6-2(5)7;;/h5,7,14H,2-4,6H2,1H3,(H4,12,13,15,16);4H,1-3,8H2,(H4,9,10,11,12);2H,1H2,(H4,7,8,9,10);(H6,3,4,5,6,7);2*1H/p-1/b8-5-;;;;;. The van der Waals surface area contributed by atoms with Crippen LogP contribution in [0.1, 0.15) is 29.9 Å². The number of aliphatic imine (C=N–C) groups is 4. The van der Waals surface area contributed by atoms with E-state index >= 15 is 0 Å². The van der Waals surface area contributed by atoms with E-state index in [9.17, 15) is 10.1 Å². The van der Waals surface area contributed by atoms with Crippen LogP contribution in [-0.2, 0) is 17.4 Å². The van der Waals surface area contributed by atoms with E-state index in [0.29, 0.717) is 39.9 Å². The Balaban J connectivity index is -0.000000694. The first-order valence-electron chi connectivity index (χ1n) is 14.5. The molecule has 0 aromatic carbocycles. The second-order valence-corrected chi connectivity index (χ2v) is 14.6. The number of thiazole rings is 3. The molecule has 310 valence electrons. The molecule has 0 aliphatic rings. The van der Waals surface area contributed by atoms with Crippen molar-refractivity contribution in [3.63, 3.8) is 0 Å². The Hall–Kier alpha value is -3.67. The summed E-state index contributed by atoms with van der Waals surface area (Å²) in [5.41, 5.74) is 54.6. The predicted molar refractivity (Wildman–Crippen MR) is 237 cm³/mol. The van der Waals surface area contributed by atoms with Gasteiger partial charge < -0.3 is 75.1 Å². The third kappa shape index (κ3) is 32.3. The lowest BCUT2D eigenvalue weighted by Crippen LogP contribution is -3.00. The van der Waals surface area contributed by atoms with Gasteiger partial charge in [0.05, 0.1) is 33.6 Å². The minimum Gasteiger partial charge on any atom is -1.00 e. The van der Waals surface area contributed by atoms with Crippen molar-refractivity contribution < 1.29 is 17.3 Å². The Kier molecular flexibility index (Phi) is 34.1. The summed E-state index contributed by atoms with van der Waals surface area (Å²) in [7, 11) is 1.68. The van der Waals surface area contributed by atoms with Crippen molar-refractivity contribution >= 4 is 138 Å². The van der Waals surface area contributed by atoms with E-state index < -0.39 is 4.92 Å². The zero-order chi connectivity index (χ0) is 40.2. The minimum atomic E-state index is -0.445. The van der Waals surface area contributed by atoms with Gasteiger partial charge in [-0.1, -0.05) is 0 Å².